The molecule has 104 valence electrons. The van der Waals surface area contributed by atoms with Crippen LogP contribution in [0.15, 0.2) is 42.5 Å². The van der Waals surface area contributed by atoms with Crippen LogP contribution >= 0.6 is 11.6 Å². The van der Waals surface area contributed by atoms with Gasteiger partial charge in [0, 0.05) is 12.2 Å². The second-order valence-corrected chi connectivity index (χ2v) is 4.82. The number of amides is 1. The van der Waals surface area contributed by atoms with Crippen LogP contribution in [0, 0.1) is 0 Å². The maximum atomic E-state index is 11.9. The van der Waals surface area contributed by atoms with E-state index in [1.54, 1.807) is 30.3 Å². The van der Waals surface area contributed by atoms with Gasteiger partial charge in [-0.1, -0.05) is 23.7 Å². The molecule has 2 rings (SSSR count). The number of halogens is 1. The van der Waals surface area contributed by atoms with Crippen LogP contribution in [0.5, 0.6) is 5.75 Å². The molecule has 4 N–H and O–H groups in total. The van der Waals surface area contributed by atoms with Gasteiger partial charge in [-0.15, -0.1) is 0 Å². The van der Waals surface area contributed by atoms with Crippen molar-refractivity contribution in [2.45, 2.75) is 6.42 Å². The minimum Gasteiger partial charge on any atom is -0.508 e. The normalized spacial score (nSPS) is 10.2. The van der Waals surface area contributed by atoms with E-state index >= 15 is 0 Å². The molecular formula is C15H15ClN2O2. The van der Waals surface area contributed by atoms with Crippen LogP contribution in [0.4, 0.5) is 5.69 Å². The standard InChI is InChI=1S/C15H15ClN2O2/c16-14-9-11(17)3-6-13(14)15(20)18-8-7-10-1-4-12(19)5-2-10/h1-6,9,19H,7-8,17H2,(H,18,20). The highest BCUT2D eigenvalue weighted by Gasteiger charge is 2.09. The Balaban J connectivity index is 1.90. The highest BCUT2D eigenvalue weighted by Crippen LogP contribution is 2.19. The maximum absolute atomic E-state index is 11.9. The van der Waals surface area contributed by atoms with E-state index < -0.39 is 0 Å². The van der Waals surface area contributed by atoms with E-state index in [2.05, 4.69) is 5.32 Å². The topological polar surface area (TPSA) is 75.4 Å². The number of hydrogen-bond donors (Lipinski definition) is 3. The molecule has 0 fully saturated rings. The van der Waals surface area contributed by atoms with Gasteiger partial charge in [0.25, 0.3) is 5.91 Å². The SMILES string of the molecule is Nc1ccc(C(=O)NCCc2ccc(O)cc2)c(Cl)c1. The molecule has 0 aliphatic heterocycles. The van der Waals surface area contributed by atoms with Crippen molar-refractivity contribution in [2.75, 3.05) is 12.3 Å². The van der Waals surface area contributed by atoms with Crippen LogP contribution in [-0.4, -0.2) is 17.6 Å². The van der Waals surface area contributed by atoms with E-state index in [-0.39, 0.29) is 11.7 Å². The van der Waals surface area contributed by atoms with E-state index in [4.69, 9.17) is 17.3 Å². The van der Waals surface area contributed by atoms with Gasteiger partial charge in [0.15, 0.2) is 0 Å². The van der Waals surface area contributed by atoms with E-state index in [0.717, 1.165) is 5.56 Å². The molecule has 0 heterocycles. The van der Waals surface area contributed by atoms with Gasteiger partial charge in [-0.05, 0) is 42.3 Å². The Labute approximate surface area is 122 Å². The number of phenols is 1. The molecule has 0 aliphatic carbocycles. The molecule has 0 saturated heterocycles. The van der Waals surface area contributed by atoms with Gasteiger partial charge < -0.3 is 16.2 Å². The number of carbonyl (C=O) groups excluding carboxylic acids is 1. The molecule has 20 heavy (non-hydrogen) atoms. The van der Waals surface area contributed by atoms with Gasteiger partial charge >= 0.3 is 0 Å². The monoisotopic (exact) mass is 290 g/mol. The molecule has 2 aromatic carbocycles. The third-order valence-electron chi connectivity index (χ3n) is 2.87. The Morgan fingerprint density at radius 1 is 1.20 bits per heavy atom. The van der Waals surface area contributed by atoms with Crippen molar-refractivity contribution in [1.82, 2.24) is 5.32 Å². The molecule has 0 radical (unpaired) electrons. The number of carbonyl (C=O) groups is 1. The summed E-state index contributed by atoms with van der Waals surface area (Å²) in [5, 5.41) is 12.3. The van der Waals surface area contributed by atoms with Gasteiger partial charge in [0.1, 0.15) is 5.75 Å². The predicted octanol–water partition coefficient (Wildman–Crippen LogP) is 2.60. The highest BCUT2D eigenvalue weighted by atomic mass is 35.5. The Bertz CT molecular complexity index is 612. The maximum Gasteiger partial charge on any atom is 0.252 e. The fourth-order valence-corrected chi connectivity index (χ4v) is 2.07. The van der Waals surface area contributed by atoms with E-state index in [9.17, 15) is 9.90 Å². The average Bonchev–Trinajstić information content (AvgIpc) is 2.41. The number of hydrogen-bond acceptors (Lipinski definition) is 3. The third kappa shape index (κ3) is 3.65. The smallest absolute Gasteiger partial charge is 0.252 e. The highest BCUT2D eigenvalue weighted by molar-refractivity contribution is 6.34. The lowest BCUT2D eigenvalue weighted by molar-refractivity contribution is 0.0954. The predicted molar refractivity (Wildman–Crippen MR) is 80.0 cm³/mol. The van der Waals surface area contributed by atoms with E-state index in [1.807, 2.05) is 12.1 Å². The number of nitrogens with one attached hydrogen (secondary N) is 1. The van der Waals surface area contributed by atoms with Crippen LogP contribution in [-0.2, 0) is 6.42 Å². The molecule has 0 atom stereocenters. The number of nitrogen functional groups attached to an aromatic ring is 1. The lowest BCUT2D eigenvalue weighted by Crippen LogP contribution is -2.26. The average molecular weight is 291 g/mol. The third-order valence-corrected chi connectivity index (χ3v) is 3.19. The first-order valence-electron chi connectivity index (χ1n) is 6.17. The lowest BCUT2D eigenvalue weighted by atomic mass is 10.1. The van der Waals surface area contributed by atoms with Crippen LogP contribution < -0.4 is 11.1 Å². The summed E-state index contributed by atoms with van der Waals surface area (Å²) in [6.07, 6.45) is 0.679. The van der Waals surface area contributed by atoms with Gasteiger partial charge in [-0.25, -0.2) is 0 Å². The van der Waals surface area contributed by atoms with Crippen molar-refractivity contribution in [2.24, 2.45) is 0 Å². The summed E-state index contributed by atoms with van der Waals surface area (Å²) in [6, 6.07) is 11.7. The molecule has 0 unspecified atom stereocenters. The van der Waals surface area contributed by atoms with Gasteiger partial charge in [0.05, 0.1) is 10.6 Å². The van der Waals surface area contributed by atoms with Gasteiger partial charge in [0.2, 0.25) is 0 Å². The zero-order chi connectivity index (χ0) is 14.5. The number of benzene rings is 2. The summed E-state index contributed by atoms with van der Waals surface area (Å²) in [5.74, 6) is 0.000204. The van der Waals surface area contributed by atoms with Crippen molar-refractivity contribution in [3.05, 3.63) is 58.6 Å². The van der Waals surface area contributed by atoms with Crippen molar-refractivity contribution < 1.29 is 9.90 Å². The molecule has 0 saturated carbocycles. The molecule has 1 amide bonds. The quantitative estimate of drug-likeness (QED) is 0.758. The summed E-state index contributed by atoms with van der Waals surface area (Å²) in [4.78, 5) is 11.9. The number of phenolic OH excluding ortho intramolecular Hbond substituents is 1. The fourth-order valence-electron chi connectivity index (χ4n) is 1.79. The van der Waals surface area contributed by atoms with E-state index in [1.165, 1.54) is 0 Å². The number of nitrogens with two attached hydrogens (primary N) is 1. The van der Waals surface area contributed by atoms with Crippen LogP contribution in [0.2, 0.25) is 5.02 Å². The first-order chi connectivity index (χ1) is 9.56. The molecule has 4 nitrogen and oxygen atoms in total. The molecule has 0 aliphatic rings. The summed E-state index contributed by atoms with van der Waals surface area (Å²) in [6.45, 7) is 0.490. The van der Waals surface area contributed by atoms with Crippen LogP contribution in [0.1, 0.15) is 15.9 Å². The van der Waals surface area contributed by atoms with E-state index in [0.29, 0.717) is 29.2 Å². The Morgan fingerprint density at radius 3 is 2.55 bits per heavy atom. The molecule has 0 bridgehead atoms. The molecule has 2 aromatic rings. The van der Waals surface area contributed by atoms with Crippen molar-refractivity contribution in [3.63, 3.8) is 0 Å². The zero-order valence-electron chi connectivity index (χ0n) is 10.8. The first-order valence-corrected chi connectivity index (χ1v) is 6.55. The Hall–Kier alpha value is -2.20. The number of anilines is 1. The largest absolute Gasteiger partial charge is 0.508 e. The Kier molecular flexibility index (Phi) is 4.48. The lowest BCUT2D eigenvalue weighted by Gasteiger charge is -2.07. The van der Waals surface area contributed by atoms with Gasteiger partial charge in [-0.2, -0.15) is 0 Å². The summed E-state index contributed by atoms with van der Waals surface area (Å²) in [7, 11) is 0. The van der Waals surface area contributed by atoms with Crippen molar-refractivity contribution in [1.29, 1.82) is 0 Å². The summed E-state index contributed by atoms with van der Waals surface area (Å²) < 4.78 is 0. The zero-order valence-corrected chi connectivity index (χ0v) is 11.5. The minimum atomic E-state index is -0.228. The summed E-state index contributed by atoms with van der Waals surface area (Å²) in [5.41, 5.74) is 7.55. The summed E-state index contributed by atoms with van der Waals surface area (Å²) >= 11 is 5.97. The minimum absolute atomic E-state index is 0.228. The molecule has 0 aromatic heterocycles. The second kappa shape index (κ2) is 6.30. The van der Waals surface area contributed by atoms with Crippen LogP contribution in [0.3, 0.4) is 0 Å². The molecule has 0 spiro atoms. The molecular weight excluding hydrogens is 276 g/mol. The van der Waals surface area contributed by atoms with Gasteiger partial charge in [-0.3, -0.25) is 4.79 Å². The second-order valence-electron chi connectivity index (χ2n) is 4.41. The number of rotatable bonds is 4. The van der Waals surface area contributed by atoms with Crippen molar-refractivity contribution >= 4 is 23.2 Å². The molecule has 5 heteroatoms. The fraction of sp³-hybridized carbons (Fsp3) is 0.133. The van der Waals surface area contributed by atoms with Crippen LogP contribution in [0.25, 0.3) is 0 Å². The number of aromatic hydroxyl groups is 1. The van der Waals surface area contributed by atoms with Crippen molar-refractivity contribution in [3.8, 4) is 5.75 Å². The first kappa shape index (κ1) is 14.2. The Morgan fingerprint density at radius 2 is 1.90 bits per heavy atom.